The van der Waals surface area contributed by atoms with Crippen LogP contribution in [0, 0.1) is 16.7 Å². The third-order valence-corrected chi connectivity index (χ3v) is 2.86. The van der Waals surface area contributed by atoms with Crippen molar-refractivity contribution in [3.05, 3.63) is 0 Å². The van der Waals surface area contributed by atoms with Crippen molar-refractivity contribution in [2.24, 2.45) is 0 Å². The molecule has 3 atom stereocenters. The smallest absolute Gasteiger partial charge is 0.328 e. The summed E-state index contributed by atoms with van der Waals surface area (Å²) in [5, 5.41) is 17.8. The standard InChI is InChI=1S/C14H21N3O5/c1-9(6-7-15)22-14(20)12(5-4-11(18)8-16)17-13(19)10(2)21-3/h8-10,12,16H,4-6H2,1-3H3,(H,17,19)/t9-,10-,12-/m0/s1. The molecule has 0 saturated heterocycles. The molecule has 0 unspecified atom stereocenters. The van der Waals surface area contributed by atoms with Crippen molar-refractivity contribution in [1.82, 2.24) is 5.32 Å². The fraction of sp³-hybridized carbons (Fsp3) is 0.643. The Labute approximate surface area is 129 Å². The molecule has 0 aliphatic heterocycles. The zero-order valence-electron chi connectivity index (χ0n) is 12.9. The van der Waals surface area contributed by atoms with Gasteiger partial charge in [0.15, 0.2) is 5.78 Å². The first kappa shape index (κ1) is 19.7. The zero-order valence-corrected chi connectivity index (χ0v) is 12.9. The number of nitrogens with one attached hydrogen (secondary N) is 2. The number of methoxy groups -OCH3 is 1. The Bertz CT molecular complexity index is 458. The van der Waals surface area contributed by atoms with E-state index in [1.165, 1.54) is 14.0 Å². The van der Waals surface area contributed by atoms with Crippen molar-refractivity contribution >= 4 is 23.9 Å². The second kappa shape index (κ2) is 10.5. The van der Waals surface area contributed by atoms with Crippen LogP contribution in [0.1, 0.15) is 33.1 Å². The third-order valence-electron chi connectivity index (χ3n) is 2.86. The van der Waals surface area contributed by atoms with E-state index >= 15 is 0 Å². The quantitative estimate of drug-likeness (QED) is 0.442. The largest absolute Gasteiger partial charge is 0.460 e. The van der Waals surface area contributed by atoms with Crippen LogP contribution < -0.4 is 5.32 Å². The fourth-order valence-electron chi connectivity index (χ4n) is 1.45. The molecule has 22 heavy (non-hydrogen) atoms. The van der Waals surface area contributed by atoms with Crippen molar-refractivity contribution in [1.29, 1.82) is 10.7 Å². The second-order valence-electron chi connectivity index (χ2n) is 4.70. The van der Waals surface area contributed by atoms with Crippen LogP contribution in [0.5, 0.6) is 0 Å². The van der Waals surface area contributed by atoms with Gasteiger partial charge in [-0.1, -0.05) is 0 Å². The maximum atomic E-state index is 12.0. The van der Waals surface area contributed by atoms with E-state index in [9.17, 15) is 14.4 Å². The minimum absolute atomic E-state index is 0.00843. The number of amides is 1. The number of rotatable bonds is 10. The summed E-state index contributed by atoms with van der Waals surface area (Å²) in [6.07, 6.45) is -0.757. The molecule has 0 saturated carbocycles. The molecule has 0 fully saturated rings. The van der Waals surface area contributed by atoms with Crippen molar-refractivity contribution in [3.63, 3.8) is 0 Å². The first-order valence-corrected chi connectivity index (χ1v) is 6.79. The molecule has 0 radical (unpaired) electrons. The summed E-state index contributed by atoms with van der Waals surface area (Å²) in [6.45, 7) is 3.07. The van der Waals surface area contributed by atoms with E-state index in [0.717, 1.165) is 0 Å². The van der Waals surface area contributed by atoms with Gasteiger partial charge in [-0.3, -0.25) is 9.59 Å². The maximum absolute atomic E-state index is 12.0. The Balaban J connectivity index is 4.80. The predicted octanol–water partition coefficient (Wildman–Crippen LogP) is 0.350. The first-order chi connectivity index (χ1) is 10.3. The molecule has 0 aromatic rings. The van der Waals surface area contributed by atoms with E-state index in [0.29, 0.717) is 6.21 Å². The van der Waals surface area contributed by atoms with Crippen LogP contribution in [0.2, 0.25) is 0 Å². The monoisotopic (exact) mass is 311 g/mol. The Morgan fingerprint density at radius 1 is 1.36 bits per heavy atom. The number of nitrogens with zero attached hydrogens (tertiary/aromatic N) is 1. The summed E-state index contributed by atoms with van der Waals surface area (Å²) in [5.41, 5.74) is 0. The Hall–Kier alpha value is -2.27. The molecule has 0 aliphatic carbocycles. The molecular weight excluding hydrogens is 290 g/mol. The highest BCUT2D eigenvalue weighted by Crippen LogP contribution is 2.06. The number of hydrogen-bond acceptors (Lipinski definition) is 7. The zero-order chi connectivity index (χ0) is 17.1. The lowest BCUT2D eigenvalue weighted by Crippen LogP contribution is -2.46. The molecule has 0 spiro atoms. The molecule has 122 valence electrons. The van der Waals surface area contributed by atoms with E-state index in [1.807, 2.05) is 6.07 Å². The molecule has 2 N–H and O–H groups in total. The molecule has 8 heteroatoms. The van der Waals surface area contributed by atoms with Crippen LogP contribution in [-0.2, 0) is 23.9 Å². The highest BCUT2D eigenvalue weighted by molar-refractivity contribution is 6.26. The summed E-state index contributed by atoms with van der Waals surface area (Å²) in [7, 11) is 1.35. The van der Waals surface area contributed by atoms with Crippen molar-refractivity contribution < 1.29 is 23.9 Å². The normalized spacial score (nSPS) is 14.1. The topological polar surface area (TPSA) is 129 Å². The Morgan fingerprint density at radius 3 is 2.50 bits per heavy atom. The number of ketones is 1. The molecule has 1 amide bonds. The SMILES string of the molecule is CO[C@@H](C)C(=O)N[C@@H](CCC(=O)C=N)C(=O)O[C@@H](C)CC#N. The number of nitriles is 1. The fourth-order valence-corrected chi connectivity index (χ4v) is 1.45. The molecular formula is C14H21N3O5. The summed E-state index contributed by atoms with van der Waals surface area (Å²) >= 11 is 0. The van der Waals surface area contributed by atoms with E-state index in [4.69, 9.17) is 20.1 Å². The Morgan fingerprint density at radius 2 is 2.00 bits per heavy atom. The lowest BCUT2D eigenvalue weighted by molar-refractivity contribution is -0.153. The Kier molecular flexibility index (Phi) is 9.38. The van der Waals surface area contributed by atoms with Gasteiger partial charge in [-0.25, -0.2) is 4.79 Å². The molecule has 8 nitrogen and oxygen atoms in total. The van der Waals surface area contributed by atoms with Gasteiger partial charge in [0.05, 0.1) is 18.7 Å². The molecule has 0 aromatic carbocycles. The lowest BCUT2D eigenvalue weighted by Gasteiger charge is -2.20. The van der Waals surface area contributed by atoms with Crippen LogP contribution in [0.4, 0.5) is 0 Å². The number of ether oxygens (including phenoxy) is 2. The van der Waals surface area contributed by atoms with Crippen molar-refractivity contribution in [2.45, 2.75) is 51.4 Å². The average Bonchev–Trinajstić information content (AvgIpc) is 2.49. The van der Waals surface area contributed by atoms with Gasteiger partial charge in [-0.2, -0.15) is 5.26 Å². The highest BCUT2D eigenvalue weighted by Gasteiger charge is 2.26. The first-order valence-electron chi connectivity index (χ1n) is 6.79. The van der Waals surface area contributed by atoms with Gasteiger partial charge in [0, 0.05) is 13.5 Å². The van der Waals surface area contributed by atoms with Gasteiger partial charge >= 0.3 is 5.97 Å². The molecule has 0 aliphatic rings. The van der Waals surface area contributed by atoms with Crippen LogP contribution in [-0.4, -0.2) is 49.2 Å². The average molecular weight is 311 g/mol. The van der Waals surface area contributed by atoms with E-state index in [1.54, 1.807) is 6.92 Å². The number of Topliss-reactive ketones (excluding diaryl/α,β-unsaturated/α-hetero) is 1. The number of hydrogen-bond donors (Lipinski definition) is 2. The van der Waals surface area contributed by atoms with E-state index < -0.39 is 35.9 Å². The van der Waals surface area contributed by atoms with Crippen molar-refractivity contribution in [2.75, 3.05) is 7.11 Å². The summed E-state index contributed by atoms with van der Waals surface area (Å²) in [6, 6.07) is 0.839. The minimum Gasteiger partial charge on any atom is -0.460 e. The summed E-state index contributed by atoms with van der Waals surface area (Å²) in [4.78, 5) is 35.0. The molecule has 0 aromatic heterocycles. The van der Waals surface area contributed by atoms with Gasteiger partial charge in [-0.15, -0.1) is 0 Å². The van der Waals surface area contributed by atoms with Gasteiger partial charge in [0.25, 0.3) is 0 Å². The predicted molar refractivity (Wildman–Crippen MR) is 77.2 cm³/mol. The molecule has 0 rings (SSSR count). The van der Waals surface area contributed by atoms with Crippen LogP contribution >= 0.6 is 0 Å². The van der Waals surface area contributed by atoms with Crippen LogP contribution in [0.15, 0.2) is 0 Å². The number of esters is 1. The highest BCUT2D eigenvalue weighted by atomic mass is 16.5. The number of carbonyl (C=O) groups is 3. The summed E-state index contributed by atoms with van der Waals surface area (Å²) in [5.74, 6) is -1.70. The molecule has 0 bridgehead atoms. The van der Waals surface area contributed by atoms with E-state index in [-0.39, 0.29) is 19.3 Å². The van der Waals surface area contributed by atoms with E-state index in [2.05, 4.69) is 5.32 Å². The lowest BCUT2D eigenvalue weighted by atomic mass is 10.1. The number of carbonyl (C=O) groups excluding carboxylic acids is 3. The van der Waals surface area contributed by atoms with Gasteiger partial charge in [0.2, 0.25) is 5.91 Å². The van der Waals surface area contributed by atoms with Crippen molar-refractivity contribution in [3.8, 4) is 6.07 Å². The molecule has 0 heterocycles. The van der Waals surface area contributed by atoms with Gasteiger partial charge in [0.1, 0.15) is 18.2 Å². The van der Waals surface area contributed by atoms with Gasteiger partial charge in [-0.05, 0) is 20.3 Å². The second-order valence-corrected chi connectivity index (χ2v) is 4.70. The van der Waals surface area contributed by atoms with Crippen LogP contribution in [0.3, 0.4) is 0 Å². The summed E-state index contributed by atoms with van der Waals surface area (Å²) < 4.78 is 9.90. The van der Waals surface area contributed by atoms with Crippen LogP contribution in [0.25, 0.3) is 0 Å². The van der Waals surface area contributed by atoms with Gasteiger partial charge < -0.3 is 20.2 Å². The third kappa shape index (κ3) is 7.50. The minimum atomic E-state index is -1.03. The maximum Gasteiger partial charge on any atom is 0.328 e.